The van der Waals surface area contributed by atoms with E-state index >= 15 is 0 Å². The molecule has 142 valence electrons. The Morgan fingerprint density at radius 3 is 2.50 bits per heavy atom. The van der Waals surface area contributed by atoms with Gasteiger partial charge in [-0.3, -0.25) is 4.90 Å². The first-order chi connectivity index (χ1) is 12.4. The van der Waals surface area contributed by atoms with Gasteiger partial charge in [-0.2, -0.15) is 5.10 Å². The van der Waals surface area contributed by atoms with Gasteiger partial charge in [0.2, 0.25) is 0 Å². The van der Waals surface area contributed by atoms with E-state index in [1.54, 1.807) is 23.7 Å². The summed E-state index contributed by atoms with van der Waals surface area (Å²) in [6, 6.07) is 5.63. The van der Waals surface area contributed by atoms with Gasteiger partial charge in [0.05, 0.1) is 18.9 Å². The van der Waals surface area contributed by atoms with Crippen LogP contribution in [0.3, 0.4) is 0 Å². The molecule has 2 heterocycles. The summed E-state index contributed by atoms with van der Waals surface area (Å²) in [4.78, 5) is 6.80. The van der Waals surface area contributed by atoms with Crippen LogP contribution in [0, 0.1) is 6.92 Å². The van der Waals surface area contributed by atoms with Crippen LogP contribution in [0.25, 0.3) is 5.69 Å². The van der Waals surface area contributed by atoms with Gasteiger partial charge < -0.3 is 9.47 Å². The highest BCUT2D eigenvalue weighted by atomic mass is 19.4. The Morgan fingerprint density at radius 1 is 1.15 bits per heavy atom. The molecule has 3 rings (SSSR count). The number of aryl methyl sites for hydroxylation is 2. The van der Waals surface area contributed by atoms with Gasteiger partial charge in [0, 0.05) is 19.5 Å². The normalized spacial score (nSPS) is 16.0. The monoisotopic (exact) mass is 370 g/mol. The summed E-state index contributed by atoms with van der Waals surface area (Å²) in [6.45, 7) is 6.15. The molecule has 6 nitrogen and oxygen atoms in total. The molecule has 26 heavy (non-hydrogen) atoms. The molecule has 1 aliphatic rings. The Balaban J connectivity index is 1.64. The number of alkyl halides is 3. The van der Waals surface area contributed by atoms with E-state index in [2.05, 4.69) is 19.7 Å². The van der Waals surface area contributed by atoms with Crippen LogP contribution in [0.1, 0.15) is 18.1 Å². The number of nitrogens with zero attached hydrogens (tertiary/aromatic N) is 4. The van der Waals surface area contributed by atoms with Crippen molar-refractivity contribution in [1.82, 2.24) is 19.7 Å². The zero-order valence-electron chi connectivity index (χ0n) is 14.5. The van der Waals surface area contributed by atoms with Gasteiger partial charge in [0.25, 0.3) is 0 Å². The summed E-state index contributed by atoms with van der Waals surface area (Å²) in [7, 11) is 0. The highest BCUT2D eigenvalue weighted by Gasteiger charge is 2.31. The average molecular weight is 370 g/mol. The fourth-order valence-corrected chi connectivity index (χ4v) is 2.90. The third-order valence-electron chi connectivity index (χ3n) is 4.07. The number of ether oxygens (including phenoxy) is 2. The molecule has 2 aromatic rings. The molecule has 0 radical (unpaired) electrons. The summed E-state index contributed by atoms with van der Waals surface area (Å²) in [5.41, 5.74) is 0.654. The summed E-state index contributed by atoms with van der Waals surface area (Å²) in [5, 5.41) is 4.36. The van der Waals surface area contributed by atoms with Crippen LogP contribution in [0.5, 0.6) is 5.75 Å². The smallest absolute Gasteiger partial charge is 0.406 e. The van der Waals surface area contributed by atoms with Crippen LogP contribution in [-0.4, -0.2) is 58.9 Å². The van der Waals surface area contributed by atoms with E-state index in [0.29, 0.717) is 11.5 Å². The third-order valence-corrected chi connectivity index (χ3v) is 4.07. The lowest BCUT2D eigenvalue weighted by atomic mass is 10.2. The van der Waals surface area contributed by atoms with Gasteiger partial charge >= 0.3 is 6.36 Å². The van der Waals surface area contributed by atoms with Crippen molar-refractivity contribution in [2.45, 2.75) is 26.1 Å². The van der Waals surface area contributed by atoms with E-state index in [4.69, 9.17) is 4.74 Å². The molecule has 1 saturated heterocycles. The van der Waals surface area contributed by atoms with Crippen LogP contribution >= 0.6 is 0 Å². The molecular formula is C17H21F3N4O2. The van der Waals surface area contributed by atoms with Crippen LogP contribution in [-0.2, 0) is 11.2 Å². The molecule has 0 N–H and O–H groups in total. The van der Waals surface area contributed by atoms with E-state index in [9.17, 15) is 13.2 Å². The molecule has 0 aliphatic carbocycles. The van der Waals surface area contributed by atoms with Gasteiger partial charge in [-0.25, -0.2) is 9.67 Å². The van der Waals surface area contributed by atoms with Crippen molar-refractivity contribution in [2.24, 2.45) is 0 Å². The number of morpholine rings is 1. The number of hydrogen-bond acceptors (Lipinski definition) is 5. The fourth-order valence-electron chi connectivity index (χ4n) is 2.90. The molecule has 9 heteroatoms. The van der Waals surface area contributed by atoms with E-state index in [1.165, 1.54) is 12.1 Å². The first-order valence-corrected chi connectivity index (χ1v) is 8.49. The van der Waals surface area contributed by atoms with Crippen molar-refractivity contribution in [3.8, 4) is 11.4 Å². The standard InChI is InChI=1S/C17H21F3N4O2/c1-13-21-16(3-2-8-23-9-11-25-12-10-23)24(22-13)14-4-6-15(7-5-14)26-17(18,19)20/h4-7H,2-3,8-12H2,1H3. The minimum absolute atomic E-state index is 0.257. The SMILES string of the molecule is Cc1nc(CCCN2CCOCC2)n(-c2ccc(OC(F)(F)F)cc2)n1. The number of hydrogen-bond donors (Lipinski definition) is 0. The summed E-state index contributed by atoms with van der Waals surface area (Å²) in [5.74, 6) is 1.16. The summed E-state index contributed by atoms with van der Waals surface area (Å²) in [6.07, 6.45) is -3.04. The quantitative estimate of drug-likeness (QED) is 0.783. The van der Waals surface area contributed by atoms with Crippen LogP contribution in [0.15, 0.2) is 24.3 Å². The van der Waals surface area contributed by atoms with E-state index in [0.717, 1.165) is 51.5 Å². The molecule has 1 aliphatic heterocycles. The molecular weight excluding hydrogens is 349 g/mol. The van der Waals surface area contributed by atoms with Gasteiger partial charge in [-0.1, -0.05) is 0 Å². The molecule has 1 fully saturated rings. The van der Waals surface area contributed by atoms with E-state index < -0.39 is 6.36 Å². The maximum Gasteiger partial charge on any atom is 0.573 e. The predicted molar refractivity (Wildman–Crippen MR) is 88.4 cm³/mol. The highest BCUT2D eigenvalue weighted by molar-refractivity contribution is 5.37. The van der Waals surface area contributed by atoms with E-state index in [1.807, 2.05) is 0 Å². The Labute approximate surface area is 149 Å². The maximum absolute atomic E-state index is 12.3. The lowest BCUT2D eigenvalue weighted by Gasteiger charge is -2.26. The Bertz CT molecular complexity index is 710. The second kappa shape index (κ2) is 8.05. The van der Waals surface area contributed by atoms with Crippen LogP contribution in [0.4, 0.5) is 13.2 Å². The number of aromatic nitrogens is 3. The van der Waals surface area contributed by atoms with Gasteiger partial charge in [0.1, 0.15) is 17.4 Å². The Kier molecular flexibility index (Phi) is 5.77. The van der Waals surface area contributed by atoms with Gasteiger partial charge in [-0.15, -0.1) is 13.2 Å². The van der Waals surface area contributed by atoms with Crippen molar-refractivity contribution >= 4 is 0 Å². The van der Waals surface area contributed by atoms with Gasteiger partial charge in [-0.05, 0) is 44.2 Å². The number of benzene rings is 1. The van der Waals surface area contributed by atoms with Crippen molar-refractivity contribution < 1.29 is 22.6 Å². The lowest BCUT2D eigenvalue weighted by Crippen LogP contribution is -2.37. The minimum Gasteiger partial charge on any atom is -0.406 e. The molecule has 0 atom stereocenters. The average Bonchev–Trinajstić information content (AvgIpc) is 2.96. The van der Waals surface area contributed by atoms with Crippen molar-refractivity contribution in [1.29, 1.82) is 0 Å². The van der Waals surface area contributed by atoms with E-state index in [-0.39, 0.29) is 5.75 Å². The zero-order chi connectivity index (χ0) is 18.6. The number of halogens is 3. The molecule has 0 spiro atoms. The second-order valence-electron chi connectivity index (χ2n) is 6.09. The summed E-state index contributed by atoms with van der Waals surface area (Å²) >= 11 is 0. The first-order valence-electron chi connectivity index (χ1n) is 8.49. The predicted octanol–water partition coefficient (Wildman–Crippen LogP) is 2.74. The van der Waals surface area contributed by atoms with Crippen molar-refractivity contribution in [3.63, 3.8) is 0 Å². The van der Waals surface area contributed by atoms with Crippen LogP contribution in [0.2, 0.25) is 0 Å². The lowest BCUT2D eigenvalue weighted by molar-refractivity contribution is -0.274. The maximum atomic E-state index is 12.3. The molecule has 1 aromatic heterocycles. The number of rotatable bonds is 6. The van der Waals surface area contributed by atoms with Crippen molar-refractivity contribution in [3.05, 3.63) is 35.9 Å². The highest BCUT2D eigenvalue weighted by Crippen LogP contribution is 2.24. The Hall–Kier alpha value is -2.13. The topological polar surface area (TPSA) is 52.4 Å². The first kappa shape index (κ1) is 18.7. The minimum atomic E-state index is -4.70. The summed E-state index contributed by atoms with van der Waals surface area (Å²) < 4.78 is 47.7. The Morgan fingerprint density at radius 2 is 1.85 bits per heavy atom. The molecule has 0 saturated carbocycles. The third kappa shape index (κ3) is 5.18. The largest absolute Gasteiger partial charge is 0.573 e. The van der Waals surface area contributed by atoms with Crippen molar-refractivity contribution in [2.75, 3.05) is 32.8 Å². The van der Waals surface area contributed by atoms with Gasteiger partial charge in [0.15, 0.2) is 0 Å². The second-order valence-corrected chi connectivity index (χ2v) is 6.09. The zero-order valence-corrected chi connectivity index (χ0v) is 14.5. The molecule has 0 amide bonds. The van der Waals surface area contributed by atoms with Crippen LogP contribution < -0.4 is 4.74 Å². The molecule has 1 aromatic carbocycles. The molecule has 0 bridgehead atoms. The fraction of sp³-hybridized carbons (Fsp3) is 0.529. The molecule has 0 unspecified atom stereocenters.